The first-order valence-electron chi connectivity index (χ1n) is 6.13. The highest BCUT2D eigenvalue weighted by molar-refractivity contribution is 7.99. The molecule has 0 radical (unpaired) electrons. The zero-order chi connectivity index (χ0) is 12.6. The van der Waals surface area contributed by atoms with E-state index in [-0.39, 0.29) is 11.9 Å². The normalized spacial score (nSPS) is 23.9. The third-order valence-electron chi connectivity index (χ3n) is 3.57. The van der Waals surface area contributed by atoms with Crippen molar-refractivity contribution in [2.75, 3.05) is 7.05 Å². The Balaban J connectivity index is 2.50. The predicted octanol–water partition coefficient (Wildman–Crippen LogP) is 3.67. The first-order valence-corrected chi connectivity index (χ1v) is 7.18. The highest BCUT2D eigenvalue weighted by Gasteiger charge is 2.33. The van der Waals surface area contributed by atoms with E-state index in [1.807, 2.05) is 24.9 Å². The molecule has 2 unspecified atom stereocenters. The lowest BCUT2D eigenvalue weighted by atomic mass is 9.90. The van der Waals surface area contributed by atoms with E-state index in [2.05, 4.69) is 26.1 Å². The molecule has 17 heavy (non-hydrogen) atoms. The Bertz CT molecular complexity index is 417. The van der Waals surface area contributed by atoms with Gasteiger partial charge in [-0.25, -0.2) is 4.39 Å². The third-order valence-corrected chi connectivity index (χ3v) is 5.22. The van der Waals surface area contributed by atoms with Crippen LogP contribution in [0.5, 0.6) is 0 Å². The second-order valence-electron chi connectivity index (χ2n) is 5.04. The molecule has 1 aliphatic rings. The maximum Gasteiger partial charge on any atom is 0.128 e. The maximum atomic E-state index is 14.1. The number of halogens is 1. The summed E-state index contributed by atoms with van der Waals surface area (Å²) < 4.78 is 14.1. The van der Waals surface area contributed by atoms with Gasteiger partial charge >= 0.3 is 0 Å². The van der Waals surface area contributed by atoms with Gasteiger partial charge in [-0.15, -0.1) is 0 Å². The van der Waals surface area contributed by atoms with Crippen molar-refractivity contribution in [2.24, 2.45) is 5.92 Å². The lowest BCUT2D eigenvalue weighted by Crippen LogP contribution is -2.35. The van der Waals surface area contributed by atoms with Gasteiger partial charge < -0.3 is 5.32 Å². The van der Waals surface area contributed by atoms with Crippen LogP contribution in [0.4, 0.5) is 4.39 Å². The highest BCUT2D eigenvalue weighted by atomic mass is 32.2. The van der Waals surface area contributed by atoms with Crippen LogP contribution in [0.1, 0.15) is 36.6 Å². The summed E-state index contributed by atoms with van der Waals surface area (Å²) in [4.78, 5) is 0. The first kappa shape index (κ1) is 12.9. The van der Waals surface area contributed by atoms with E-state index in [1.165, 1.54) is 11.1 Å². The Morgan fingerprint density at radius 1 is 1.41 bits per heavy atom. The summed E-state index contributed by atoms with van der Waals surface area (Å²) in [7, 11) is 1.93. The van der Waals surface area contributed by atoms with Gasteiger partial charge in [0.05, 0.1) is 0 Å². The second kappa shape index (κ2) is 4.99. The van der Waals surface area contributed by atoms with Gasteiger partial charge in [0.25, 0.3) is 0 Å². The van der Waals surface area contributed by atoms with E-state index in [0.29, 0.717) is 11.2 Å². The number of thioether (sulfide) groups is 1. The number of hydrogen-bond donors (Lipinski definition) is 1. The molecule has 1 heterocycles. The van der Waals surface area contributed by atoms with Crippen molar-refractivity contribution in [3.05, 3.63) is 34.6 Å². The van der Waals surface area contributed by atoms with Crippen molar-refractivity contribution in [1.82, 2.24) is 5.32 Å². The average Bonchev–Trinajstić information content (AvgIpc) is 2.32. The number of benzene rings is 1. The smallest absolute Gasteiger partial charge is 0.128 e. The molecule has 0 saturated heterocycles. The van der Waals surface area contributed by atoms with E-state index in [1.54, 1.807) is 6.07 Å². The molecule has 0 aromatic heterocycles. The van der Waals surface area contributed by atoms with Crippen molar-refractivity contribution < 1.29 is 4.39 Å². The number of hydrogen-bond acceptors (Lipinski definition) is 2. The Morgan fingerprint density at radius 3 is 2.71 bits per heavy atom. The van der Waals surface area contributed by atoms with E-state index in [9.17, 15) is 4.39 Å². The fourth-order valence-corrected chi connectivity index (χ4v) is 4.19. The molecular formula is C14H20FNS. The fourth-order valence-electron chi connectivity index (χ4n) is 2.60. The summed E-state index contributed by atoms with van der Waals surface area (Å²) in [5, 5.41) is 3.75. The molecule has 0 amide bonds. The van der Waals surface area contributed by atoms with Crippen LogP contribution >= 0.6 is 11.8 Å². The summed E-state index contributed by atoms with van der Waals surface area (Å²) in [6.45, 7) is 6.49. The van der Waals surface area contributed by atoms with Crippen LogP contribution in [-0.4, -0.2) is 12.3 Å². The molecule has 2 rings (SSSR count). The number of nitrogens with one attached hydrogen (secondary N) is 1. The zero-order valence-electron chi connectivity index (χ0n) is 10.9. The van der Waals surface area contributed by atoms with Crippen LogP contribution in [0.2, 0.25) is 0 Å². The molecule has 0 saturated carbocycles. The molecule has 1 aliphatic heterocycles. The molecule has 0 bridgehead atoms. The second-order valence-corrected chi connectivity index (χ2v) is 6.21. The average molecular weight is 253 g/mol. The molecule has 1 nitrogen and oxygen atoms in total. The minimum atomic E-state index is -0.0594. The monoisotopic (exact) mass is 253 g/mol. The standard InChI is InChI=1S/C14H20FNS/c1-8(2)14-13(16-4)12-10(7-17-14)9(3)5-6-11(12)15/h5-6,8,13-14,16H,7H2,1-4H3. The Kier molecular flexibility index (Phi) is 3.79. The predicted molar refractivity (Wildman–Crippen MR) is 72.9 cm³/mol. The van der Waals surface area contributed by atoms with E-state index in [4.69, 9.17) is 0 Å². The number of rotatable bonds is 2. The Morgan fingerprint density at radius 2 is 2.12 bits per heavy atom. The summed E-state index contributed by atoms with van der Waals surface area (Å²) >= 11 is 1.94. The topological polar surface area (TPSA) is 12.0 Å². The van der Waals surface area contributed by atoms with Gasteiger partial charge in [0, 0.05) is 22.6 Å². The molecular weight excluding hydrogens is 233 g/mol. The van der Waals surface area contributed by atoms with Crippen molar-refractivity contribution in [1.29, 1.82) is 0 Å². The largest absolute Gasteiger partial charge is 0.312 e. The van der Waals surface area contributed by atoms with Gasteiger partial charge in [0.1, 0.15) is 5.82 Å². The van der Waals surface area contributed by atoms with Crippen LogP contribution in [0, 0.1) is 18.7 Å². The van der Waals surface area contributed by atoms with Gasteiger partial charge in [-0.3, -0.25) is 0 Å². The van der Waals surface area contributed by atoms with Crippen LogP contribution in [0.3, 0.4) is 0 Å². The van der Waals surface area contributed by atoms with Gasteiger partial charge in [0.15, 0.2) is 0 Å². The third kappa shape index (κ3) is 2.23. The van der Waals surface area contributed by atoms with Crippen LogP contribution in [0.15, 0.2) is 12.1 Å². The van der Waals surface area contributed by atoms with E-state index >= 15 is 0 Å². The van der Waals surface area contributed by atoms with Crippen LogP contribution < -0.4 is 5.32 Å². The molecule has 0 fully saturated rings. The van der Waals surface area contributed by atoms with Gasteiger partial charge in [-0.2, -0.15) is 11.8 Å². The van der Waals surface area contributed by atoms with Gasteiger partial charge in [-0.05, 0) is 37.1 Å². The quantitative estimate of drug-likeness (QED) is 0.863. The van der Waals surface area contributed by atoms with E-state index < -0.39 is 0 Å². The molecule has 1 aromatic rings. The SMILES string of the molecule is CNC1c2c(F)ccc(C)c2CSC1C(C)C. The first-order chi connectivity index (χ1) is 8.06. The zero-order valence-corrected chi connectivity index (χ0v) is 11.7. The summed E-state index contributed by atoms with van der Waals surface area (Å²) in [6, 6.07) is 3.62. The lowest BCUT2D eigenvalue weighted by Gasteiger charge is -2.36. The van der Waals surface area contributed by atoms with Gasteiger partial charge in [0.2, 0.25) is 0 Å². The van der Waals surface area contributed by atoms with Crippen LogP contribution in [0.25, 0.3) is 0 Å². The van der Waals surface area contributed by atoms with Crippen molar-refractivity contribution in [3.63, 3.8) is 0 Å². The van der Waals surface area contributed by atoms with Crippen LogP contribution in [-0.2, 0) is 5.75 Å². The van der Waals surface area contributed by atoms with Gasteiger partial charge in [-0.1, -0.05) is 19.9 Å². The lowest BCUT2D eigenvalue weighted by molar-refractivity contribution is 0.446. The molecule has 2 atom stereocenters. The minimum Gasteiger partial charge on any atom is -0.312 e. The molecule has 1 aromatic carbocycles. The highest BCUT2D eigenvalue weighted by Crippen LogP contribution is 2.42. The summed E-state index contributed by atoms with van der Waals surface area (Å²) in [6.07, 6.45) is 0. The molecule has 94 valence electrons. The molecule has 0 spiro atoms. The molecule has 0 aliphatic carbocycles. The number of aryl methyl sites for hydroxylation is 1. The van der Waals surface area contributed by atoms with E-state index in [0.717, 1.165) is 11.3 Å². The van der Waals surface area contributed by atoms with Crippen molar-refractivity contribution in [2.45, 2.75) is 37.8 Å². The minimum absolute atomic E-state index is 0.0594. The maximum absolute atomic E-state index is 14.1. The fraction of sp³-hybridized carbons (Fsp3) is 0.571. The molecule has 3 heteroatoms. The number of fused-ring (bicyclic) bond motifs is 1. The Hall–Kier alpha value is -0.540. The van der Waals surface area contributed by atoms with Crippen molar-refractivity contribution >= 4 is 11.8 Å². The summed E-state index contributed by atoms with van der Waals surface area (Å²) in [5.74, 6) is 1.42. The van der Waals surface area contributed by atoms with Crippen molar-refractivity contribution in [3.8, 4) is 0 Å². The Labute approximate surface area is 107 Å². The molecule has 1 N–H and O–H groups in total. The summed E-state index contributed by atoms with van der Waals surface area (Å²) in [5.41, 5.74) is 3.28.